The average molecular weight is 320 g/mol. The van der Waals surface area contributed by atoms with Gasteiger partial charge in [0.2, 0.25) is 5.91 Å². The van der Waals surface area contributed by atoms with E-state index in [0.717, 1.165) is 44.9 Å². The Hall–Kier alpha value is -1.62. The lowest BCUT2D eigenvalue weighted by molar-refractivity contribution is -0.120. The van der Waals surface area contributed by atoms with Crippen LogP contribution in [0.5, 0.6) is 5.75 Å². The first-order valence-electron chi connectivity index (χ1n) is 8.64. The van der Waals surface area contributed by atoms with Crippen LogP contribution in [-0.4, -0.2) is 18.6 Å². The third kappa shape index (κ3) is 3.83. The summed E-state index contributed by atoms with van der Waals surface area (Å²) in [6.45, 7) is 0.528. The lowest BCUT2D eigenvalue weighted by Crippen LogP contribution is -2.29. The molecule has 2 saturated carbocycles. The van der Waals surface area contributed by atoms with Gasteiger partial charge in [0.1, 0.15) is 0 Å². The van der Waals surface area contributed by atoms with Gasteiger partial charge in [-0.25, -0.2) is 4.39 Å². The summed E-state index contributed by atoms with van der Waals surface area (Å²) in [5.74, 6) is -0.0174. The molecule has 3 N–H and O–H groups in total. The molecule has 4 nitrogen and oxygen atoms in total. The van der Waals surface area contributed by atoms with Gasteiger partial charge in [0.15, 0.2) is 11.6 Å². The second-order valence-corrected chi connectivity index (χ2v) is 6.69. The van der Waals surface area contributed by atoms with Crippen molar-refractivity contribution in [2.75, 3.05) is 11.9 Å². The number of ether oxygens (including phenoxy) is 1. The van der Waals surface area contributed by atoms with E-state index in [1.165, 1.54) is 6.07 Å². The van der Waals surface area contributed by atoms with Crippen molar-refractivity contribution < 1.29 is 13.9 Å². The fraction of sp³-hybridized carbons (Fsp3) is 0.611. The molecule has 3 rings (SSSR count). The third-order valence-corrected chi connectivity index (χ3v) is 5.09. The lowest BCUT2D eigenvalue weighted by atomic mass is 9.95. The Bertz CT molecular complexity index is 558. The number of hydrogen-bond acceptors (Lipinski definition) is 3. The Balaban J connectivity index is 1.62. The summed E-state index contributed by atoms with van der Waals surface area (Å²) in [5, 5.41) is 2.82. The Kier molecular flexibility index (Phi) is 5.16. The van der Waals surface area contributed by atoms with Crippen molar-refractivity contribution >= 4 is 11.6 Å². The van der Waals surface area contributed by atoms with E-state index in [-0.39, 0.29) is 29.6 Å². The van der Waals surface area contributed by atoms with Gasteiger partial charge in [-0.05, 0) is 63.1 Å². The number of nitrogens with two attached hydrogens (primary N) is 1. The number of carbonyl (C=O) groups excluding carboxylic acids is 1. The minimum Gasteiger partial charge on any atom is -0.487 e. The van der Waals surface area contributed by atoms with Crippen molar-refractivity contribution in [3.63, 3.8) is 0 Å². The van der Waals surface area contributed by atoms with E-state index >= 15 is 0 Å². The molecule has 1 aromatic rings. The SMILES string of the molecule is NC[C@H]1CCC[C@H]1C(=O)Nc1ccc(OC2CCCC2)c(F)c1. The zero-order valence-corrected chi connectivity index (χ0v) is 13.4. The first-order chi connectivity index (χ1) is 11.2. The number of nitrogens with one attached hydrogen (secondary N) is 1. The van der Waals surface area contributed by atoms with Crippen molar-refractivity contribution in [1.29, 1.82) is 0 Å². The number of hydrogen-bond donors (Lipinski definition) is 2. The maximum absolute atomic E-state index is 14.2. The first-order valence-corrected chi connectivity index (χ1v) is 8.64. The minimum absolute atomic E-state index is 0.0539. The monoisotopic (exact) mass is 320 g/mol. The Morgan fingerprint density at radius 2 is 2.00 bits per heavy atom. The van der Waals surface area contributed by atoms with Gasteiger partial charge in [0, 0.05) is 17.7 Å². The molecule has 2 fully saturated rings. The fourth-order valence-corrected chi connectivity index (χ4v) is 3.76. The highest BCUT2D eigenvalue weighted by atomic mass is 19.1. The molecule has 0 spiro atoms. The van der Waals surface area contributed by atoms with Crippen molar-refractivity contribution in [2.45, 2.75) is 51.0 Å². The molecule has 1 aromatic carbocycles. The van der Waals surface area contributed by atoms with Crippen LogP contribution in [0.25, 0.3) is 0 Å². The first kappa shape index (κ1) is 16.2. The van der Waals surface area contributed by atoms with E-state index in [1.807, 2.05) is 0 Å². The summed E-state index contributed by atoms with van der Waals surface area (Å²) in [5.41, 5.74) is 6.20. The van der Waals surface area contributed by atoms with E-state index in [1.54, 1.807) is 12.1 Å². The summed E-state index contributed by atoms with van der Waals surface area (Å²) in [6.07, 6.45) is 7.27. The Labute approximate surface area is 136 Å². The number of halogens is 1. The second-order valence-electron chi connectivity index (χ2n) is 6.69. The topological polar surface area (TPSA) is 64.4 Å². The van der Waals surface area contributed by atoms with Gasteiger partial charge in [-0.3, -0.25) is 4.79 Å². The van der Waals surface area contributed by atoms with Gasteiger partial charge < -0.3 is 15.8 Å². The molecular weight excluding hydrogens is 295 g/mol. The van der Waals surface area contributed by atoms with Crippen LogP contribution < -0.4 is 15.8 Å². The molecule has 0 unspecified atom stereocenters. The fourth-order valence-electron chi connectivity index (χ4n) is 3.76. The average Bonchev–Trinajstić information content (AvgIpc) is 3.20. The van der Waals surface area contributed by atoms with E-state index in [9.17, 15) is 9.18 Å². The summed E-state index contributed by atoms with van der Waals surface area (Å²) >= 11 is 0. The van der Waals surface area contributed by atoms with E-state index in [0.29, 0.717) is 12.2 Å². The predicted molar refractivity (Wildman–Crippen MR) is 87.8 cm³/mol. The molecule has 0 aromatic heterocycles. The molecule has 1 amide bonds. The van der Waals surface area contributed by atoms with Gasteiger partial charge in [-0.2, -0.15) is 0 Å². The molecule has 0 aliphatic heterocycles. The smallest absolute Gasteiger partial charge is 0.227 e. The number of amides is 1. The predicted octanol–water partition coefficient (Wildman–Crippen LogP) is 3.46. The summed E-state index contributed by atoms with van der Waals surface area (Å²) in [7, 11) is 0. The quantitative estimate of drug-likeness (QED) is 0.873. The van der Waals surface area contributed by atoms with Crippen LogP contribution in [-0.2, 0) is 4.79 Å². The molecule has 0 bridgehead atoms. The van der Waals surface area contributed by atoms with Crippen molar-refractivity contribution in [3.8, 4) is 5.75 Å². The van der Waals surface area contributed by atoms with Crippen LogP contribution >= 0.6 is 0 Å². The molecule has 2 aliphatic rings. The van der Waals surface area contributed by atoms with Gasteiger partial charge in [0.25, 0.3) is 0 Å². The maximum Gasteiger partial charge on any atom is 0.227 e. The third-order valence-electron chi connectivity index (χ3n) is 5.09. The number of rotatable bonds is 5. The van der Waals surface area contributed by atoms with Crippen molar-refractivity contribution in [1.82, 2.24) is 0 Å². The van der Waals surface area contributed by atoms with Crippen LogP contribution in [0.4, 0.5) is 10.1 Å². The zero-order valence-electron chi connectivity index (χ0n) is 13.4. The van der Waals surface area contributed by atoms with E-state index < -0.39 is 5.82 Å². The molecule has 0 heterocycles. The summed E-state index contributed by atoms with van der Waals surface area (Å²) in [6, 6.07) is 4.66. The lowest BCUT2D eigenvalue weighted by Gasteiger charge is -2.18. The number of benzene rings is 1. The summed E-state index contributed by atoms with van der Waals surface area (Å²) in [4.78, 5) is 12.3. The zero-order chi connectivity index (χ0) is 16.2. The normalized spacial score (nSPS) is 24.8. The molecule has 2 aliphatic carbocycles. The molecule has 126 valence electrons. The maximum atomic E-state index is 14.2. The molecule has 23 heavy (non-hydrogen) atoms. The van der Waals surface area contributed by atoms with Gasteiger partial charge in [-0.1, -0.05) is 6.42 Å². The molecule has 2 atom stereocenters. The highest BCUT2D eigenvalue weighted by Crippen LogP contribution is 2.32. The van der Waals surface area contributed by atoms with Gasteiger partial charge >= 0.3 is 0 Å². The molecule has 5 heteroatoms. The van der Waals surface area contributed by atoms with E-state index in [2.05, 4.69) is 5.32 Å². The minimum atomic E-state index is -0.420. The highest BCUT2D eigenvalue weighted by Gasteiger charge is 2.32. The van der Waals surface area contributed by atoms with Crippen LogP contribution in [0.1, 0.15) is 44.9 Å². The summed E-state index contributed by atoms with van der Waals surface area (Å²) < 4.78 is 19.9. The van der Waals surface area contributed by atoms with Crippen LogP contribution in [0, 0.1) is 17.7 Å². The number of carbonyl (C=O) groups is 1. The van der Waals surface area contributed by atoms with Crippen LogP contribution in [0.2, 0.25) is 0 Å². The van der Waals surface area contributed by atoms with Crippen LogP contribution in [0.15, 0.2) is 18.2 Å². The largest absolute Gasteiger partial charge is 0.487 e. The van der Waals surface area contributed by atoms with Gasteiger partial charge in [-0.15, -0.1) is 0 Å². The van der Waals surface area contributed by atoms with Gasteiger partial charge in [0.05, 0.1) is 6.10 Å². The van der Waals surface area contributed by atoms with Crippen LogP contribution in [0.3, 0.4) is 0 Å². The molecule has 0 radical (unpaired) electrons. The Morgan fingerprint density at radius 3 is 2.70 bits per heavy atom. The highest BCUT2D eigenvalue weighted by molar-refractivity contribution is 5.93. The number of anilines is 1. The second kappa shape index (κ2) is 7.30. The van der Waals surface area contributed by atoms with Crippen molar-refractivity contribution in [2.24, 2.45) is 17.6 Å². The standard InChI is InChI=1S/C18H25FN2O2/c19-16-10-13(8-9-17(16)23-14-5-1-2-6-14)21-18(22)15-7-3-4-12(15)11-20/h8-10,12,14-15H,1-7,11,20H2,(H,21,22)/t12-,15-/m1/s1. The van der Waals surface area contributed by atoms with Crippen molar-refractivity contribution in [3.05, 3.63) is 24.0 Å². The molecule has 0 saturated heterocycles. The Morgan fingerprint density at radius 1 is 1.22 bits per heavy atom. The van der Waals surface area contributed by atoms with E-state index in [4.69, 9.17) is 10.5 Å². The molecular formula is C18H25FN2O2.